The molecule has 1 fully saturated rings. The first-order valence-electron chi connectivity index (χ1n) is 5.30. The summed E-state index contributed by atoms with van der Waals surface area (Å²) in [5.74, 6) is 0.698. The molecule has 3 N–H and O–H groups in total. The summed E-state index contributed by atoms with van der Waals surface area (Å²) in [5.41, 5.74) is 5.75. The summed E-state index contributed by atoms with van der Waals surface area (Å²) in [5, 5.41) is -0.0780. The van der Waals surface area contributed by atoms with E-state index in [1.54, 1.807) is 6.07 Å². The topological polar surface area (TPSA) is 85.1 Å². The third-order valence-corrected chi connectivity index (χ3v) is 4.03. The quantitative estimate of drug-likeness (QED) is 0.796. The predicted molar refractivity (Wildman–Crippen MR) is 61.2 cm³/mol. The van der Waals surface area contributed by atoms with Crippen molar-refractivity contribution < 1.29 is 8.42 Å². The fourth-order valence-electron chi connectivity index (χ4n) is 1.50. The molecule has 0 atom stereocenters. The Morgan fingerprint density at radius 2 is 2.25 bits per heavy atom. The van der Waals surface area contributed by atoms with Gasteiger partial charge in [0.05, 0.1) is 5.69 Å². The zero-order valence-corrected chi connectivity index (χ0v) is 9.70. The van der Waals surface area contributed by atoms with Gasteiger partial charge in [0.15, 0.2) is 5.03 Å². The van der Waals surface area contributed by atoms with Gasteiger partial charge in [-0.25, -0.2) is 18.1 Å². The minimum atomic E-state index is -3.54. The molecule has 0 spiro atoms. The van der Waals surface area contributed by atoms with E-state index in [2.05, 4.69) is 9.71 Å². The van der Waals surface area contributed by atoms with E-state index in [0.717, 1.165) is 6.42 Å². The van der Waals surface area contributed by atoms with Crippen molar-refractivity contribution in [2.75, 3.05) is 12.3 Å². The summed E-state index contributed by atoms with van der Waals surface area (Å²) in [4.78, 5) is 3.79. The van der Waals surface area contributed by atoms with Crippen molar-refractivity contribution in [3.05, 3.63) is 18.3 Å². The van der Waals surface area contributed by atoms with Gasteiger partial charge in [-0.3, -0.25) is 0 Å². The molecule has 1 saturated carbocycles. The highest BCUT2D eigenvalue weighted by molar-refractivity contribution is 7.89. The van der Waals surface area contributed by atoms with E-state index in [1.165, 1.54) is 25.1 Å². The number of sulfonamides is 1. The largest absolute Gasteiger partial charge is 0.396 e. The second-order valence-electron chi connectivity index (χ2n) is 4.03. The maximum Gasteiger partial charge on any atom is 0.260 e. The number of nitrogens with zero attached hydrogens (tertiary/aromatic N) is 1. The van der Waals surface area contributed by atoms with E-state index in [4.69, 9.17) is 5.73 Å². The Morgan fingerprint density at radius 3 is 2.88 bits per heavy atom. The van der Waals surface area contributed by atoms with Gasteiger partial charge in [-0.1, -0.05) is 12.8 Å². The SMILES string of the molecule is Nc1cccnc1S(=O)(=O)NCCC1CC1. The highest BCUT2D eigenvalue weighted by Crippen LogP contribution is 2.31. The maximum atomic E-state index is 11.8. The van der Waals surface area contributed by atoms with Crippen LogP contribution in [0.3, 0.4) is 0 Å². The van der Waals surface area contributed by atoms with Crippen LogP contribution in [0, 0.1) is 5.92 Å². The number of hydrogen-bond acceptors (Lipinski definition) is 4. The Hall–Kier alpha value is -1.14. The number of pyridine rings is 1. The maximum absolute atomic E-state index is 11.8. The summed E-state index contributed by atoms with van der Waals surface area (Å²) in [7, 11) is -3.54. The Kier molecular flexibility index (Phi) is 3.11. The molecule has 6 heteroatoms. The van der Waals surface area contributed by atoms with E-state index >= 15 is 0 Å². The molecule has 0 unspecified atom stereocenters. The predicted octanol–water partition coefficient (Wildman–Crippen LogP) is 0.742. The number of nitrogen functional groups attached to an aromatic ring is 1. The lowest BCUT2D eigenvalue weighted by atomic mass is 10.3. The monoisotopic (exact) mass is 241 g/mol. The number of nitrogens with one attached hydrogen (secondary N) is 1. The Morgan fingerprint density at radius 1 is 1.50 bits per heavy atom. The van der Waals surface area contributed by atoms with Crippen LogP contribution in [0.25, 0.3) is 0 Å². The summed E-state index contributed by atoms with van der Waals surface area (Å²) >= 11 is 0. The molecule has 16 heavy (non-hydrogen) atoms. The van der Waals surface area contributed by atoms with Crippen molar-refractivity contribution in [1.29, 1.82) is 0 Å². The molecule has 0 aliphatic heterocycles. The number of anilines is 1. The van der Waals surface area contributed by atoms with Crippen molar-refractivity contribution in [2.45, 2.75) is 24.3 Å². The van der Waals surface area contributed by atoms with E-state index in [1.807, 2.05) is 0 Å². The summed E-state index contributed by atoms with van der Waals surface area (Å²) < 4.78 is 26.1. The Balaban J connectivity index is 2.03. The summed E-state index contributed by atoms with van der Waals surface area (Å²) in [6.45, 7) is 0.461. The highest BCUT2D eigenvalue weighted by Gasteiger charge is 2.23. The van der Waals surface area contributed by atoms with Crippen LogP contribution in [-0.4, -0.2) is 19.9 Å². The third kappa shape index (κ3) is 2.70. The summed E-state index contributed by atoms with van der Waals surface area (Å²) in [6, 6.07) is 3.14. The average molecular weight is 241 g/mol. The van der Waals surface area contributed by atoms with Crippen molar-refractivity contribution in [3.63, 3.8) is 0 Å². The zero-order chi connectivity index (χ0) is 11.6. The molecule has 1 aliphatic carbocycles. The minimum Gasteiger partial charge on any atom is -0.396 e. The number of nitrogens with two attached hydrogens (primary N) is 1. The van der Waals surface area contributed by atoms with Gasteiger partial charge in [-0.05, 0) is 24.5 Å². The van der Waals surface area contributed by atoms with Crippen molar-refractivity contribution in [2.24, 2.45) is 5.92 Å². The van der Waals surface area contributed by atoms with Crippen LogP contribution in [0.4, 0.5) is 5.69 Å². The van der Waals surface area contributed by atoms with Crippen molar-refractivity contribution >= 4 is 15.7 Å². The first-order chi connectivity index (χ1) is 7.59. The second kappa shape index (κ2) is 4.39. The van der Waals surface area contributed by atoms with E-state index < -0.39 is 10.0 Å². The van der Waals surface area contributed by atoms with Gasteiger partial charge in [0.2, 0.25) is 0 Å². The van der Waals surface area contributed by atoms with Crippen molar-refractivity contribution in [1.82, 2.24) is 9.71 Å². The smallest absolute Gasteiger partial charge is 0.260 e. The minimum absolute atomic E-state index is 0.0780. The van der Waals surface area contributed by atoms with Crippen LogP contribution in [-0.2, 0) is 10.0 Å². The first-order valence-corrected chi connectivity index (χ1v) is 6.78. The van der Waals surface area contributed by atoms with E-state index in [0.29, 0.717) is 12.5 Å². The number of hydrogen-bond donors (Lipinski definition) is 2. The first kappa shape index (κ1) is 11.3. The van der Waals surface area contributed by atoms with Gasteiger partial charge in [0, 0.05) is 12.7 Å². The lowest BCUT2D eigenvalue weighted by molar-refractivity contribution is 0.572. The lowest BCUT2D eigenvalue weighted by Gasteiger charge is -2.07. The van der Waals surface area contributed by atoms with Gasteiger partial charge in [0.1, 0.15) is 0 Å². The average Bonchev–Trinajstić information content (AvgIpc) is 3.02. The van der Waals surface area contributed by atoms with Crippen LogP contribution < -0.4 is 10.5 Å². The molecule has 1 heterocycles. The molecule has 0 amide bonds. The van der Waals surface area contributed by atoms with Gasteiger partial charge in [-0.15, -0.1) is 0 Å². The van der Waals surface area contributed by atoms with Crippen LogP contribution in [0.15, 0.2) is 23.4 Å². The molecule has 1 aromatic heterocycles. The molecular formula is C10H15N3O2S. The van der Waals surface area contributed by atoms with Crippen LogP contribution >= 0.6 is 0 Å². The van der Waals surface area contributed by atoms with Gasteiger partial charge in [-0.2, -0.15) is 0 Å². The molecule has 88 valence electrons. The van der Waals surface area contributed by atoms with E-state index in [9.17, 15) is 8.42 Å². The third-order valence-electron chi connectivity index (χ3n) is 2.60. The zero-order valence-electron chi connectivity index (χ0n) is 8.89. The van der Waals surface area contributed by atoms with Crippen LogP contribution in [0.2, 0.25) is 0 Å². The number of aromatic nitrogens is 1. The molecule has 0 aromatic carbocycles. The molecule has 0 radical (unpaired) electrons. The summed E-state index contributed by atoms with van der Waals surface area (Å²) in [6.07, 6.45) is 4.75. The van der Waals surface area contributed by atoms with Crippen molar-refractivity contribution in [3.8, 4) is 0 Å². The molecular weight excluding hydrogens is 226 g/mol. The Bertz CT molecular complexity index is 469. The standard InChI is InChI=1S/C10H15N3O2S/c11-9-2-1-6-12-10(9)16(14,15)13-7-5-8-3-4-8/h1-2,6,8,13H,3-5,7,11H2. The Labute approximate surface area is 95.1 Å². The molecule has 0 saturated heterocycles. The van der Waals surface area contributed by atoms with E-state index in [-0.39, 0.29) is 10.7 Å². The molecule has 0 bridgehead atoms. The molecule has 5 nitrogen and oxygen atoms in total. The van der Waals surface area contributed by atoms with Crippen LogP contribution in [0.1, 0.15) is 19.3 Å². The fraction of sp³-hybridized carbons (Fsp3) is 0.500. The number of rotatable bonds is 5. The van der Waals surface area contributed by atoms with Gasteiger partial charge in [0.25, 0.3) is 10.0 Å². The van der Waals surface area contributed by atoms with Crippen LogP contribution in [0.5, 0.6) is 0 Å². The van der Waals surface area contributed by atoms with Gasteiger partial charge >= 0.3 is 0 Å². The second-order valence-corrected chi connectivity index (χ2v) is 5.71. The normalized spacial score (nSPS) is 16.2. The molecule has 1 aliphatic rings. The van der Waals surface area contributed by atoms with Gasteiger partial charge < -0.3 is 5.73 Å². The fourth-order valence-corrected chi connectivity index (χ4v) is 2.60. The highest BCUT2D eigenvalue weighted by atomic mass is 32.2. The lowest BCUT2D eigenvalue weighted by Crippen LogP contribution is -2.26. The molecule has 1 aromatic rings. The molecule has 2 rings (SSSR count).